The van der Waals surface area contributed by atoms with Crippen molar-refractivity contribution in [1.82, 2.24) is 0 Å². The van der Waals surface area contributed by atoms with Crippen LogP contribution in [-0.4, -0.2) is 38.5 Å². The van der Waals surface area contributed by atoms with Gasteiger partial charge >= 0.3 is 0 Å². The van der Waals surface area contributed by atoms with E-state index in [0.29, 0.717) is 17.3 Å². The lowest BCUT2D eigenvalue weighted by molar-refractivity contribution is -0.862. The Morgan fingerprint density at radius 1 is 1.12 bits per heavy atom. The van der Waals surface area contributed by atoms with Crippen molar-refractivity contribution in [2.75, 3.05) is 36.9 Å². The van der Waals surface area contributed by atoms with Gasteiger partial charge in [-0.15, -0.1) is 0 Å². The monoisotopic (exact) mass is 358 g/mol. The number of nitrogens with zero attached hydrogens (tertiary/aromatic N) is 1. The maximum absolute atomic E-state index is 12.6. The zero-order valence-corrected chi connectivity index (χ0v) is 14.8. The van der Waals surface area contributed by atoms with Crippen molar-refractivity contribution < 1.29 is 14.5 Å². The molecule has 0 fully saturated rings. The van der Waals surface area contributed by atoms with Gasteiger partial charge in [-0.2, -0.15) is 0 Å². The quantitative estimate of drug-likeness (QED) is 0.848. The molecule has 0 saturated carbocycles. The van der Waals surface area contributed by atoms with E-state index < -0.39 is 0 Å². The van der Waals surface area contributed by atoms with Gasteiger partial charge in [0.15, 0.2) is 13.1 Å². The first-order chi connectivity index (χ1) is 12.0. The highest BCUT2D eigenvalue weighted by Gasteiger charge is 2.26. The molecule has 2 aromatic rings. The lowest BCUT2D eigenvalue weighted by Gasteiger charge is -2.20. The Bertz CT molecular complexity index is 794. The topological polar surface area (TPSA) is 53.9 Å². The zero-order chi connectivity index (χ0) is 17.8. The average Bonchev–Trinajstić information content (AvgIpc) is 3.01. The fraction of sp³-hybridized carbons (Fsp3) is 0.263. The van der Waals surface area contributed by atoms with Gasteiger partial charge in [-0.3, -0.25) is 9.59 Å². The standard InChI is InChI=1S/C19H20ClN3O2/c1-22(12-18(24)21-16-8-4-3-7-15(16)20)13-19(25)23-11-10-14-6-2-5-9-17(14)23/h2-9H,10-13H2,1H3,(H,21,24)/p+1. The number of hydrogen-bond acceptors (Lipinski definition) is 2. The molecule has 25 heavy (non-hydrogen) atoms. The fourth-order valence-corrected chi connectivity index (χ4v) is 3.23. The van der Waals surface area contributed by atoms with Gasteiger partial charge in [0, 0.05) is 12.2 Å². The van der Waals surface area contributed by atoms with E-state index in [4.69, 9.17) is 11.6 Å². The molecular weight excluding hydrogens is 338 g/mol. The number of nitrogens with one attached hydrogen (secondary N) is 2. The number of para-hydroxylation sites is 2. The molecule has 5 nitrogen and oxygen atoms in total. The van der Waals surface area contributed by atoms with Gasteiger partial charge in [0.1, 0.15) is 0 Å². The first kappa shape index (κ1) is 17.5. The summed E-state index contributed by atoms with van der Waals surface area (Å²) in [6.07, 6.45) is 0.883. The number of fused-ring (bicyclic) bond motifs is 1. The van der Waals surface area contributed by atoms with E-state index in [2.05, 4.69) is 11.4 Å². The molecule has 0 radical (unpaired) electrons. The van der Waals surface area contributed by atoms with Crippen LogP contribution in [0, 0.1) is 0 Å². The Hall–Kier alpha value is -2.37. The van der Waals surface area contributed by atoms with Crippen LogP contribution in [0.5, 0.6) is 0 Å². The molecule has 1 aliphatic heterocycles. The summed E-state index contributed by atoms with van der Waals surface area (Å²) in [5.74, 6) is -0.131. The molecule has 0 spiro atoms. The highest BCUT2D eigenvalue weighted by molar-refractivity contribution is 6.33. The molecule has 1 heterocycles. The third-order valence-corrected chi connectivity index (χ3v) is 4.58. The number of carbonyl (C=O) groups excluding carboxylic acids is 2. The van der Waals surface area contributed by atoms with Gasteiger partial charge in [0.25, 0.3) is 11.8 Å². The molecule has 0 aromatic heterocycles. The van der Waals surface area contributed by atoms with Crippen LogP contribution in [0.25, 0.3) is 0 Å². The van der Waals surface area contributed by atoms with Crippen LogP contribution >= 0.6 is 11.6 Å². The smallest absolute Gasteiger partial charge is 0.282 e. The second-order valence-electron chi connectivity index (χ2n) is 6.26. The molecule has 2 N–H and O–H groups in total. The Morgan fingerprint density at radius 3 is 2.64 bits per heavy atom. The highest BCUT2D eigenvalue weighted by atomic mass is 35.5. The van der Waals surface area contributed by atoms with E-state index in [-0.39, 0.29) is 24.9 Å². The molecular formula is C19H21ClN3O2+. The Kier molecular flexibility index (Phi) is 5.36. The number of hydrogen-bond donors (Lipinski definition) is 2. The SMILES string of the molecule is C[NH+](CC(=O)Nc1ccccc1Cl)CC(=O)N1CCc2ccccc21. The number of halogens is 1. The van der Waals surface area contributed by atoms with Crippen LogP contribution in [0.4, 0.5) is 11.4 Å². The van der Waals surface area contributed by atoms with Gasteiger partial charge in [0.2, 0.25) is 0 Å². The third kappa shape index (κ3) is 4.18. The van der Waals surface area contributed by atoms with E-state index in [1.165, 1.54) is 5.56 Å². The molecule has 130 valence electrons. The van der Waals surface area contributed by atoms with Crippen molar-refractivity contribution in [3.05, 3.63) is 59.1 Å². The van der Waals surface area contributed by atoms with Gasteiger partial charge < -0.3 is 15.1 Å². The van der Waals surface area contributed by atoms with E-state index in [1.807, 2.05) is 42.3 Å². The molecule has 6 heteroatoms. The minimum Gasteiger partial charge on any atom is -0.322 e. The summed E-state index contributed by atoms with van der Waals surface area (Å²) < 4.78 is 0. The van der Waals surface area contributed by atoms with Crippen molar-refractivity contribution in [2.45, 2.75) is 6.42 Å². The number of carbonyl (C=O) groups is 2. The lowest BCUT2D eigenvalue weighted by atomic mass is 10.2. The highest BCUT2D eigenvalue weighted by Crippen LogP contribution is 2.27. The summed E-state index contributed by atoms with van der Waals surface area (Å²) in [6, 6.07) is 15.1. The summed E-state index contributed by atoms with van der Waals surface area (Å²) in [4.78, 5) is 27.4. The van der Waals surface area contributed by atoms with Gasteiger partial charge in [-0.1, -0.05) is 41.9 Å². The molecule has 1 aliphatic rings. The number of likely N-dealkylation sites (N-methyl/N-ethyl adjacent to an activating group) is 1. The Morgan fingerprint density at radius 2 is 1.84 bits per heavy atom. The third-order valence-electron chi connectivity index (χ3n) is 4.25. The summed E-state index contributed by atoms with van der Waals surface area (Å²) in [6.45, 7) is 1.17. The minimum atomic E-state index is -0.166. The number of rotatable bonds is 5. The van der Waals surface area contributed by atoms with E-state index in [1.54, 1.807) is 12.1 Å². The van der Waals surface area contributed by atoms with Crippen LogP contribution in [-0.2, 0) is 16.0 Å². The van der Waals surface area contributed by atoms with Crippen molar-refractivity contribution in [3.8, 4) is 0 Å². The summed E-state index contributed by atoms with van der Waals surface area (Å²) >= 11 is 6.04. The predicted octanol–water partition coefficient (Wildman–Crippen LogP) is 1.38. The molecule has 2 amide bonds. The molecule has 0 bridgehead atoms. The molecule has 1 atom stereocenters. The predicted molar refractivity (Wildman–Crippen MR) is 99.2 cm³/mol. The van der Waals surface area contributed by atoms with E-state index in [9.17, 15) is 9.59 Å². The number of amides is 2. The average molecular weight is 359 g/mol. The first-order valence-electron chi connectivity index (χ1n) is 8.28. The Balaban J connectivity index is 1.54. The summed E-state index contributed by atoms with van der Waals surface area (Å²) in [7, 11) is 1.84. The second-order valence-corrected chi connectivity index (χ2v) is 6.67. The number of benzene rings is 2. The molecule has 1 unspecified atom stereocenters. The van der Waals surface area contributed by atoms with Crippen molar-refractivity contribution in [3.63, 3.8) is 0 Å². The molecule has 2 aromatic carbocycles. The van der Waals surface area contributed by atoms with Crippen molar-refractivity contribution >= 4 is 34.8 Å². The summed E-state index contributed by atoms with van der Waals surface area (Å²) in [5.41, 5.74) is 2.77. The van der Waals surface area contributed by atoms with Gasteiger partial charge in [-0.05, 0) is 30.2 Å². The normalized spacial score (nSPS) is 14.1. The molecule has 0 aliphatic carbocycles. The van der Waals surface area contributed by atoms with Crippen LogP contribution in [0.15, 0.2) is 48.5 Å². The van der Waals surface area contributed by atoms with Crippen LogP contribution in [0.3, 0.4) is 0 Å². The number of quaternary nitrogens is 1. The fourth-order valence-electron chi connectivity index (χ4n) is 3.04. The van der Waals surface area contributed by atoms with Crippen molar-refractivity contribution in [1.29, 1.82) is 0 Å². The first-order valence-corrected chi connectivity index (χ1v) is 8.66. The summed E-state index contributed by atoms with van der Waals surface area (Å²) in [5, 5.41) is 3.28. The molecule has 3 rings (SSSR count). The minimum absolute atomic E-state index is 0.0352. The maximum Gasteiger partial charge on any atom is 0.282 e. The van der Waals surface area contributed by atoms with Crippen molar-refractivity contribution in [2.24, 2.45) is 0 Å². The van der Waals surface area contributed by atoms with Crippen LogP contribution < -0.4 is 15.1 Å². The van der Waals surface area contributed by atoms with E-state index in [0.717, 1.165) is 17.0 Å². The van der Waals surface area contributed by atoms with Gasteiger partial charge in [0.05, 0.1) is 17.8 Å². The second kappa shape index (κ2) is 7.68. The van der Waals surface area contributed by atoms with Crippen LogP contribution in [0.1, 0.15) is 5.56 Å². The zero-order valence-electron chi connectivity index (χ0n) is 14.1. The Labute approximate surface area is 152 Å². The van der Waals surface area contributed by atoms with Crippen LogP contribution in [0.2, 0.25) is 5.02 Å². The largest absolute Gasteiger partial charge is 0.322 e. The lowest BCUT2D eigenvalue weighted by Crippen LogP contribution is -3.11. The van der Waals surface area contributed by atoms with E-state index >= 15 is 0 Å². The maximum atomic E-state index is 12.6. The van der Waals surface area contributed by atoms with Gasteiger partial charge in [-0.25, -0.2) is 0 Å². The molecule has 0 saturated heterocycles. The number of anilines is 2.